The Balaban J connectivity index is 1.17. The summed E-state index contributed by atoms with van der Waals surface area (Å²) in [6, 6.07) is 20.6. The van der Waals surface area contributed by atoms with E-state index < -0.39 is 0 Å². The number of carbonyl (C=O) groups is 2. The van der Waals surface area contributed by atoms with Crippen molar-refractivity contribution < 1.29 is 14.3 Å². The quantitative estimate of drug-likeness (QED) is 0.509. The Morgan fingerprint density at radius 2 is 1.69 bits per heavy atom. The van der Waals surface area contributed by atoms with Crippen molar-refractivity contribution in [3.05, 3.63) is 84.1 Å². The Morgan fingerprint density at radius 1 is 0.944 bits per heavy atom. The normalized spacial score (nSPS) is 16.7. The molecule has 2 saturated heterocycles. The summed E-state index contributed by atoms with van der Waals surface area (Å²) < 4.78 is 5.65. The fraction of sp³-hybridized carbons (Fsp3) is 0.321. The van der Waals surface area contributed by atoms with Crippen molar-refractivity contribution in [3.8, 4) is 0 Å². The van der Waals surface area contributed by atoms with E-state index in [9.17, 15) is 9.59 Å². The number of nitrogens with one attached hydrogen (secondary N) is 1. The molecular formula is C28H31N5O3. The first-order chi connectivity index (χ1) is 17.5. The zero-order valence-electron chi connectivity index (χ0n) is 20.2. The van der Waals surface area contributed by atoms with E-state index in [1.165, 1.54) is 0 Å². The number of aromatic nitrogens is 1. The van der Waals surface area contributed by atoms with E-state index in [1.54, 1.807) is 24.4 Å². The summed E-state index contributed by atoms with van der Waals surface area (Å²) in [7, 11) is 0. The van der Waals surface area contributed by atoms with E-state index in [2.05, 4.69) is 15.2 Å². The predicted octanol–water partition coefficient (Wildman–Crippen LogP) is 4.69. The van der Waals surface area contributed by atoms with E-state index >= 15 is 0 Å². The van der Waals surface area contributed by atoms with E-state index in [-0.39, 0.29) is 17.5 Å². The molecule has 0 aliphatic carbocycles. The highest BCUT2D eigenvalue weighted by Gasteiger charge is 2.46. The van der Waals surface area contributed by atoms with E-state index in [0.29, 0.717) is 23.5 Å². The molecule has 2 amide bonds. The second-order valence-corrected chi connectivity index (χ2v) is 9.45. The van der Waals surface area contributed by atoms with Gasteiger partial charge in [-0.05, 0) is 55.5 Å². The van der Waals surface area contributed by atoms with Crippen molar-refractivity contribution in [1.82, 2.24) is 9.88 Å². The lowest BCUT2D eigenvalue weighted by Crippen LogP contribution is -2.54. The molecule has 2 aliphatic heterocycles. The molecule has 3 heterocycles. The van der Waals surface area contributed by atoms with Gasteiger partial charge in [0.1, 0.15) is 12.4 Å². The molecule has 2 aromatic carbocycles. The van der Waals surface area contributed by atoms with E-state index in [1.807, 2.05) is 53.4 Å². The highest BCUT2D eigenvalue weighted by atomic mass is 16.6. The molecule has 0 unspecified atom stereocenters. The van der Waals surface area contributed by atoms with Gasteiger partial charge in [0.15, 0.2) is 0 Å². The molecule has 1 aromatic heterocycles. The van der Waals surface area contributed by atoms with Gasteiger partial charge in [-0.2, -0.15) is 0 Å². The summed E-state index contributed by atoms with van der Waals surface area (Å²) in [4.78, 5) is 34.2. The lowest BCUT2D eigenvalue weighted by molar-refractivity contribution is 0.0548. The molecule has 3 N–H and O–H groups in total. The predicted molar refractivity (Wildman–Crippen MR) is 140 cm³/mol. The van der Waals surface area contributed by atoms with Crippen LogP contribution in [0.3, 0.4) is 0 Å². The molecule has 0 atom stereocenters. The van der Waals surface area contributed by atoms with Gasteiger partial charge in [0, 0.05) is 31.4 Å². The maximum Gasteiger partial charge on any atom is 0.410 e. The number of pyridine rings is 1. The third-order valence-corrected chi connectivity index (χ3v) is 7.26. The number of hydrogen-bond donors (Lipinski definition) is 2. The Morgan fingerprint density at radius 3 is 2.42 bits per heavy atom. The second-order valence-electron chi connectivity index (χ2n) is 9.45. The number of para-hydroxylation sites is 2. The van der Waals surface area contributed by atoms with Gasteiger partial charge < -0.3 is 25.6 Å². The molecule has 1 spiro atoms. The average molecular weight is 486 g/mol. The number of hydrogen-bond acceptors (Lipinski definition) is 6. The van der Waals surface area contributed by atoms with Gasteiger partial charge in [0.05, 0.1) is 16.9 Å². The Hall–Kier alpha value is -4.07. The molecule has 186 valence electrons. The van der Waals surface area contributed by atoms with Crippen LogP contribution in [0.5, 0.6) is 0 Å². The molecule has 8 heteroatoms. The number of nitrogen functional groups attached to an aromatic ring is 1. The number of rotatable bonds is 5. The molecule has 2 fully saturated rings. The van der Waals surface area contributed by atoms with Gasteiger partial charge in [-0.3, -0.25) is 4.79 Å². The smallest absolute Gasteiger partial charge is 0.410 e. The van der Waals surface area contributed by atoms with Crippen molar-refractivity contribution >= 4 is 29.2 Å². The van der Waals surface area contributed by atoms with Crippen LogP contribution >= 0.6 is 0 Å². The summed E-state index contributed by atoms with van der Waals surface area (Å²) in [6.45, 7) is 2.61. The van der Waals surface area contributed by atoms with Crippen molar-refractivity contribution in [2.24, 2.45) is 0 Å². The number of anilines is 3. The molecule has 0 radical (unpaired) electrons. The van der Waals surface area contributed by atoms with Crippen LogP contribution in [0.15, 0.2) is 72.9 Å². The maximum atomic E-state index is 12.9. The first-order valence-electron chi connectivity index (χ1n) is 12.4. The molecular weight excluding hydrogens is 454 g/mol. The second kappa shape index (κ2) is 10.3. The first-order valence-corrected chi connectivity index (χ1v) is 12.4. The van der Waals surface area contributed by atoms with Crippen LogP contribution in [0.4, 0.5) is 22.0 Å². The van der Waals surface area contributed by atoms with Crippen molar-refractivity contribution in [1.29, 1.82) is 0 Å². The lowest BCUT2D eigenvalue weighted by Gasteiger charge is -2.44. The zero-order valence-corrected chi connectivity index (χ0v) is 20.2. The van der Waals surface area contributed by atoms with Gasteiger partial charge >= 0.3 is 6.09 Å². The summed E-state index contributed by atoms with van der Waals surface area (Å²) >= 11 is 0. The van der Waals surface area contributed by atoms with Crippen LogP contribution < -0.4 is 16.0 Å². The molecule has 3 aromatic rings. The number of benzene rings is 2. The number of likely N-dealkylation sites (tertiary alicyclic amines) is 1. The highest BCUT2D eigenvalue weighted by Crippen LogP contribution is 2.39. The van der Waals surface area contributed by atoms with Gasteiger partial charge in [-0.1, -0.05) is 42.5 Å². The average Bonchev–Trinajstić information content (AvgIpc) is 3.32. The molecule has 0 bridgehead atoms. The Kier molecular flexibility index (Phi) is 6.75. The number of nitrogens with two attached hydrogens (primary N) is 1. The van der Waals surface area contributed by atoms with Crippen LogP contribution in [-0.4, -0.2) is 47.1 Å². The highest BCUT2D eigenvalue weighted by molar-refractivity contribution is 6.05. The zero-order chi connectivity index (χ0) is 25.0. The van der Waals surface area contributed by atoms with E-state index in [4.69, 9.17) is 10.5 Å². The molecule has 0 saturated carbocycles. The van der Waals surface area contributed by atoms with Crippen LogP contribution in [0, 0.1) is 0 Å². The van der Waals surface area contributed by atoms with Crippen LogP contribution in [0.1, 0.15) is 41.6 Å². The molecule has 2 aliphatic rings. The van der Waals surface area contributed by atoms with Crippen molar-refractivity contribution in [2.75, 3.05) is 35.6 Å². The van der Waals surface area contributed by atoms with Crippen molar-refractivity contribution in [2.45, 2.75) is 37.8 Å². The summed E-state index contributed by atoms with van der Waals surface area (Å²) in [5, 5.41) is 2.83. The van der Waals surface area contributed by atoms with Crippen LogP contribution in [-0.2, 0) is 11.3 Å². The molecule has 36 heavy (non-hydrogen) atoms. The minimum atomic E-state index is -0.250. The number of piperidine rings is 1. The monoisotopic (exact) mass is 485 g/mol. The Bertz CT molecular complexity index is 1210. The third-order valence-electron chi connectivity index (χ3n) is 7.26. The minimum Gasteiger partial charge on any atom is -0.445 e. The topological polar surface area (TPSA) is 101 Å². The maximum absolute atomic E-state index is 12.9. The molecule has 5 rings (SSSR count). The molecule has 8 nitrogen and oxygen atoms in total. The number of nitrogens with zero attached hydrogens (tertiary/aromatic N) is 3. The van der Waals surface area contributed by atoms with E-state index in [0.717, 1.165) is 56.7 Å². The number of carbonyl (C=O) groups excluding carboxylic acids is 2. The first kappa shape index (κ1) is 23.7. The minimum absolute atomic E-state index is 0.153. The van der Waals surface area contributed by atoms with Gasteiger partial charge in [0.25, 0.3) is 5.91 Å². The SMILES string of the molecule is Nc1ccccc1NC(=O)c1ccc(N2CCC3(CCCN3C(=O)OCc3ccccc3)CC2)nc1. The lowest BCUT2D eigenvalue weighted by atomic mass is 9.85. The van der Waals surface area contributed by atoms with Crippen molar-refractivity contribution in [3.63, 3.8) is 0 Å². The standard InChI is InChI=1S/C28H31N5O3/c29-23-9-4-5-10-24(23)31-26(34)22-11-12-25(30-19-22)32-17-14-28(15-18-32)13-6-16-33(28)27(35)36-20-21-7-2-1-3-8-21/h1-5,7-12,19H,6,13-18,20,29H2,(H,31,34). The van der Waals surface area contributed by atoms with Crippen LogP contribution in [0.25, 0.3) is 0 Å². The fourth-order valence-electron chi connectivity index (χ4n) is 5.21. The summed E-state index contributed by atoms with van der Waals surface area (Å²) in [5.74, 6) is 0.581. The largest absolute Gasteiger partial charge is 0.445 e. The number of ether oxygens (including phenoxy) is 1. The van der Waals surface area contributed by atoms with Crippen LogP contribution in [0.2, 0.25) is 0 Å². The number of amides is 2. The van der Waals surface area contributed by atoms with Gasteiger partial charge in [-0.25, -0.2) is 9.78 Å². The summed E-state index contributed by atoms with van der Waals surface area (Å²) in [6.07, 6.45) is 5.09. The fourth-order valence-corrected chi connectivity index (χ4v) is 5.21. The van der Waals surface area contributed by atoms with Gasteiger partial charge in [-0.15, -0.1) is 0 Å². The Labute approximate surface area is 211 Å². The van der Waals surface area contributed by atoms with Gasteiger partial charge in [0.2, 0.25) is 0 Å². The summed E-state index contributed by atoms with van der Waals surface area (Å²) in [5.41, 5.74) is 8.32. The third kappa shape index (κ3) is 4.98.